The molecule has 0 N–H and O–H groups in total. The molecular formula is C20H29P. The van der Waals surface area contributed by atoms with Crippen LogP contribution in [0.15, 0.2) is 48.5 Å². The molecule has 114 valence electrons. The SMILES string of the molecule is CC(C)(C)c1ccccc1-c1ccccc1C(C)(C)C.P. The monoisotopic (exact) mass is 300 g/mol. The third-order valence-corrected chi connectivity index (χ3v) is 3.76. The summed E-state index contributed by atoms with van der Waals surface area (Å²) in [6.07, 6.45) is 0. The van der Waals surface area contributed by atoms with Crippen LogP contribution < -0.4 is 0 Å². The van der Waals surface area contributed by atoms with Crippen molar-refractivity contribution < 1.29 is 0 Å². The molecule has 0 fully saturated rings. The highest BCUT2D eigenvalue weighted by Gasteiger charge is 2.23. The normalized spacial score (nSPS) is 11.9. The molecule has 2 aromatic rings. The van der Waals surface area contributed by atoms with E-state index in [1.165, 1.54) is 22.3 Å². The van der Waals surface area contributed by atoms with E-state index in [0.717, 1.165) is 0 Å². The lowest BCUT2D eigenvalue weighted by molar-refractivity contribution is 0.585. The van der Waals surface area contributed by atoms with Crippen LogP contribution in [0.4, 0.5) is 0 Å². The average molecular weight is 300 g/mol. The average Bonchev–Trinajstić information content (AvgIpc) is 2.37. The minimum absolute atomic E-state index is 0. The van der Waals surface area contributed by atoms with E-state index in [0.29, 0.717) is 0 Å². The summed E-state index contributed by atoms with van der Waals surface area (Å²) in [6.45, 7) is 13.7. The first-order valence-electron chi connectivity index (χ1n) is 7.40. The second kappa shape index (κ2) is 6.32. The van der Waals surface area contributed by atoms with E-state index in [-0.39, 0.29) is 20.7 Å². The number of hydrogen-bond donors (Lipinski definition) is 0. The largest absolute Gasteiger partial charge is 0.153 e. The van der Waals surface area contributed by atoms with E-state index in [9.17, 15) is 0 Å². The quantitative estimate of drug-likeness (QED) is 0.566. The Balaban J connectivity index is 0.00000220. The van der Waals surface area contributed by atoms with Crippen LogP contribution in [0.25, 0.3) is 11.1 Å². The second-order valence-electron chi connectivity index (χ2n) is 7.59. The molecule has 0 amide bonds. The summed E-state index contributed by atoms with van der Waals surface area (Å²) in [6, 6.07) is 17.6. The molecule has 0 spiro atoms. The van der Waals surface area contributed by atoms with Crippen LogP contribution in [0.1, 0.15) is 52.7 Å². The molecule has 1 unspecified atom stereocenters. The Labute approximate surface area is 133 Å². The van der Waals surface area contributed by atoms with E-state index >= 15 is 0 Å². The topological polar surface area (TPSA) is 0 Å². The Hall–Kier alpha value is -1.13. The molecule has 0 aromatic heterocycles. The van der Waals surface area contributed by atoms with Gasteiger partial charge in [-0.1, -0.05) is 90.1 Å². The molecule has 2 aromatic carbocycles. The highest BCUT2D eigenvalue weighted by atomic mass is 31.0. The maximum Gasteiger partial charge on any atom is -0.0126 e. The molecule has 0 aliphatic rings. The van der Waals surface area contributed by atoms with Gasteiger partial charge < -0.3 is 0 Å². The molecule has 0 heterocycles. The molecule has 2 rings (SSSR count). The number of hydrogen-bond acceptors (Lipinski definition) is 0. The van der Waals surface area contributed by atoms with Gasteiger partial charge in [-0.05, 0) is 33.1 Å². The van der Waals surface area contributed by atoms with Crippen molar-refractivity contribution in [2.24, 2.45) is 0 Å². The van der Waals surface area contributed by atoms with Crippen LogP contribution in [-0.2, 0) is 10.8 Å². The zero-order valence-electron chi connectivity index (χ0n) is 14.3. The molecule has 0 saturated carbocycles. The van der Waals surface area contributed by atoms with Crippen molar-refractivity contribution in [3.8, 4) is 11.1 Å². The first-order valence-corrected chi connectivity index (χ1v) is 7.40. The zero-order chi connectivity index (χ0) is 15.0. The van der Waals surface area contributed by atoms with E-state index in [4.69, 9.17) is 0 Å². The fourth-order valence-corrected chi connectivity index (χ4v) is 2.74. The van der Waals surface area contributed by atoms with Gasteiger partial charge in [-0.15, -0.1) is 0 Å². The second-order valence-corrected chi connectivity index (χ2v) is 7.59. The van der Waals surface area contributed by atoms with E-state index in [2.05, 4.69) is 90.1 Å². The van der Waals surface area contributed by atoms with Crippen LogP contribution in [0.3, 0.4) is 0 Å². The summed E-state index contributed by atoms with van der Waals surface area (Å²) >= 11 is 0. The van der Waals surface area contributed by atoms with Crippen molar-refractivity contribution in [1.82, 2.24) is 0 Å². The van der Waals surface area contributed by atoms with Gasteiger partial charge in [-0.2, -0.15) is 9.90 Å². The Kier molecular flexibility index (Phi) is 5.40. The van der Waals surface area contributed by atoms with Crippen LogP contribution in [0.5, 0.6) is 0 Å². The van der Waals surface area contributed by atoms with Gasteiger partial charge >= 0.3 is 0 Å². The Bertz CT molecular complexity index is 542. The fraction of sp³-hybridized carbons (Fsp3) is 0.400. The molecule has 1 heteroatoms. The van der Waals surface area contributed by atoms with Gasteiger partial charge in [0, 0.05) is 0 Å². The van der Waals surface area contributed by atoms with Crippen molar-refractivity contribution in [3.05, 3.63) is 59.7 Å². The molecule has 0 radical (unpaired) electrons. The Morgan fingerprint density at radius 1 is 0.524 bits per heavy atom. The molecule has 0 aliphatic heterocycles. The smallest absolute Gasteiger partial charge is 0.0126 e. The molecule has 1 atom stereocenters. The third kappa shape index (κ3) is 3.95. The molecule has 0 bridgehead atoms. The summed E-state index contributed by atoms with van der Waals surface area (Å²) in [5.41, 5.74) is 5.87. The van der Waals surface area contributed by atoms with Gasteiger partial charge in [0.25, 0.3) is 0 Å². The fourth-order valence-electron chi connectivity index (χ4n) is 2.74. The third-order valence-electron chi connectivity index (χ3n) is 3.76. The summed E-state index contributed by atoms with van der Waals surface area (Å²) in [7, 11) is 0. The minimum Gasteiger partial charge on any atom is -0.153 e. The van der Waals surface area contributed by atoms with E-state index in [1.54, 1.807) is 0 Å². The van der Waals surface area contributed by atoms with Crippen LogP contribution in [-0.4, -0.2) is 0 Å². The van der Waals surface area contributed by atoms with Gasteiger partial charge in [0.05, 0.1) is 0 Å². The van der Waals surface area contributed by atoms with Gasteiger partial charge in [-0.3, -0.25) is 0 Å². The predicted octanol–water partition coefficient (Wildman–Crippen LogP) is 6.01. The predicted molar refractivity (Wildman–Crippen MR) is 100 cm³/mol. The molecule has 0 saturated heterocycles. The lowest BCUT2D eigenvalue weighted by atomic mass is 9.77. The van der Waals surface area contributed by atoms with Crippen molar-refractivity contribution in [1.29, 1.82) is 0 Å². The summed E-state index contributed by atoms with van der Waals surface area (Å²) in [4.78, 5) is 0. The zero-order valence-corrected chi connectivity index (χ0v) is 15.7. The van der Waals surface area contributed by atoms with Gasteiger partial charge in [0.15, 0.2) is 0 Å². The van der Waals surface area contributed by atoms with Gasteiger partial charge in [-0.25, -0.2) is 0 Å². The van der Waals surface area contributed by atoms with Crippen LogP contribution in [0, 0.1) is 0 Å². The molecule has 0 aliphatic carbocycles. The lowest BCUT2D eigenvalue weighted by Gasteiger charge is -2.27. The number of rotatable bonds is 1. The highest BCUT2D eigenvalue weighted by Crippen LogP contribution is 2.38. The minimum atomic E-state index is 0. The van der Waals surface area contributed by atoms with Crippen molar-refractivity contribution in [3.63, 3.8) is 0 Å². The van der Waals surface area contributed by atoms with E-state index < -0.39 is 0 Å². The van der Waals surface area contributed by atoms with Crippen molar-refractivity contribution in [2.75, 3.05) is 0 Å². The van der Waals surface area contributed by atoms with Gasteiger partial charge in [0.2, 0.25) is 0 Å². The summed E-state index contributed by atoms with van der Waals surface area (Å²) in [5.74, 6) is 0. The van der Waals surface area contributed by atoms with Crippen molar-refractivity contribution >= 4 is 9.90 Å². The molecular weight excluding hydrogens is 271 g/mol. The maximum atomic E-state index is 2.28. The molecule has 0 nitrogen and oxygen atoms in total. The van der Waals surface area contributed by atoms with Gasteiger partial charge in [0.1, 0.15) is 0 Å². The summed E-state index contributed by atoms with van der Waals surface area (Å²) in [5, 5.41) is 0. The lowest BCUT2D eigenvalue weighted by Crippen LogP contribution is -2.16. The Morgan fingerprint density at radius 3 is 1.10 bits per heavy atom. The Morgan fingerprint density at radius 2 is 0.810 bits per heavy atom. The number of benzene rings is 2. The van der Waals surface area contributed by atoms with E-state index in [1.807, 2.05) is 0 Å². The highest BCUT2D eigenvalue weighted by molar-refractivity contribution is 6.92. The first-order chi connectivity index (χ1) is 9.21. The maximum absolute atomic E-state index is 2.28. The molecule has 21 heavy (non-hydrogen) atoms. The summed E-state index contributed by atoms with van der Waals surface area (Å²) < 4.78 is 0. The standard InChI is InChI=1S/C20H26.H3P/c1-19(2,3)17-13-9-7-11-15(17)16-12-8-10-14-18(16)20(4,5)6;/h7-14H,1-6H3;1H3. The van der Waals surface area contributed by atoms with Crippen LogP contribution in [0.2, 0.25) is 0 Å². The first kappa shape index (κ1) is 17.9. The van der Waals surface area contributed by atoms with Crippen molar-refractivity contribution in [2.45, 2.75) is 52.4 Å². The van der Waals surface area contributed by atoms with Crippen LogP contribution >= 0.6 is 9.90 Å².